The molecule has 6 aliphatic rings. The van der Waals surface area contributed by atoms with Gasteiger partial charge in [-0.15, -0.1) is 0 Å². The third kappa shape index (κ3) is 3.92. The molecule has 4 fully saturated rings. The maximum Gasteiger partial charge on any atom is 0.207 e. The highest BCUT2D eigenvalue weighted by Gasteiger charge is 2.62. The number of sulfone groups is 1. The number of hydrogen-bond acceptors (Lipinski definition) is 3. The van der Waals surface area contributed by atoms with E-state index in [1.807, 2.05) is 18.2 Å². The van der Waals surface area contributed by atoms with Crippen LogP contribution in [-0.2, 0) is 20.7 Å². The lowest BCUT2D eigenvalue weighted by molar-refractivity contribution is -0.0446. The Morgan fingerprint density at radius 3 is 1.86 bits per heavy atom. The maximum atomic E-state index is 14.9. The van der Waals surface area contributed by atoms with Crippen LogP contribution < -0.4 is 4.90 Å². The van der Waals surface area contributed by atoms with Gasteiger partial charge in [0, 0.05) is 27.9 Å². The summed E-state index contributed by atoms with van der Waals surface area (Å²) in [5, 5.41) is 2.33. The molecule has 5 aliphatic carbocycles. The van der Waals surface area contributed by atoms with E-state index in [-0.39, 0.29) is 10.8 Å². The third-order valence-corrected chi connectivity index (χ3v) is 15.7. The van der Waals surface area contributed by atoms with Gasteiger partial charge < -0.3 is 4.90 Å². The number of nitrogens with zero attached hydrogens (tertiary/aromatic N) is 1. The van der Waals surface area contributed by atoms with Gasteiger partial charge in [-0.2, -0.15) is 0 Å². The van der Waals surface area contributed by atoms with Crippen LogP contribution in [0.1, 0.15) is 68.2 Å². The van der Waals surface area contributed by atoms with Crippen molar-refractivity contribution in [3.63, 3.8) is 0 Å². The van der Waals surface area contributed by atoms with Gasteiger partial charge in [0.15, 0.2) is 0 Å². The first-order chi connectivity index (χ1) is 24.7. The number of benzene rings is 6. The first-order valence-electron chi connectivity index (χ1n) is 18.8. The molecule has 0 radical (unpaired) electrons. The van der Waals surface area contributed by atoms with Crippen LogP contribution in [0.4, 0.5) is 17.1 Å². The molecule has 6 aromatic carbocycles. The van der Waals surface area contributed by atoms with E-state index in [1.165, 1.54) is 59.7 Å². The Morgan fingerprint density at radius 2 is 1.08 bits per heavy atom. The van der Waals surface area contributed by atoms with E-state index in [9.17, 15) is 8.42 Å². The highest BCUT2D eigenvalue weighted by atomic mass is 32.2. The van der Waals surface area contributed by atoms with Crippen LogP contribution in [0.25, 0.3) is 21.9 Å². The van der Waals surface area contributed by atoms with E-state index in [2.05, 4.69) is 128 Å². The molecule has 4 saturated carbocycles. The maximum absolute atomic E-state index is 14.9. The number of rotatable bonds is 3. The van der Waals surface area contributed by atoms with Gasteiger partial charge in [0.1, 0.15) is 0 Å². The standard InChI is InChI=1S/C47H41NO2S/c1-46(2)40-12-6-5-11-38(40)39-19-17-36(27-43(39)46)48(35-16-15-31-9-3-4-10-32(31)26-35)37-18-20-42-45(28-37)51(49,50)44-14-8-7-13-41(44)47(42)33-22-29-21-30(24-33)25-34(47)23-29/h3-20,26-30,33-34H,21-25H2,1-2H3. The lowest BCUT2D eigenvalue weighted by atomic mass is 9.42. The second-order valence-electron chi connectivity index (χ2n) is 16.6. The van der Waals surface area contributed by atoms with E-state index in [0.717, 1.165) is 45.4 Å². The minimum atomic E-state index is -3.76. The average Bonchev–Trinajstić information content (AvgIpc) is 3.37. The van der Waals surface area contributed by atoms with Crippen molar-refractivity contribution in [3.8, 4) is 11.1 Å². The molecule has 51 heavy (non-hydrogen) atoms. The van der Waals surface area contributed by atoms with Gasteiger partial charge in [0.25, 0.3) is 0 Å². The first-order valence-corrected chi connectivity index (χ1v) is 20.3. The van der Waals surface area contributed by atoms with Gasteiger partial charge in [0.05, 0.1) is 9.79 Å². The molecule has 1 aliphatic heterocycles. The fourth-order valence-electron chi connectivity index (χ4n) is 11.9. The van der Waals surface area contributed by atoms with Crippen LogP contribution in [0.5, 0.6) is 0 Å². The normalized spacial score (nSPS) is 26.8. The summed E-state index contributed by atoms with van der Waals surface area (Å²) in [7, 11) is -3.76. The Labute approximate surface area is 300 Å². The zero-order valence-electron chi connectivity index (χ0n) is 29.1. The molecular weight excluding hydrogens is 643 g/mol. The third-order valence-electron chi connectivity index (χ3n) is 13.8. The molecule has 0 amide bonds. The largest absolute Gasteiger partial charge is 0.310 e. The molecule has 3 nitrogen and oxygen atoms in total. The molecule has 0 atom stereocenters. The number of anilines is 3. The SMILES string of the molecule is CC1(C)c2ccccc2-c2ccc(N(c3ccc4c(c3)S(=O)(=O)c3ccccc3C43C4CC5CC(C4)CC3C5)c3ccc4ccccc4c3)cc21. The summed E-state index contributed by atoms with van der Waals surface area (Å²) in [5.41, 5.74) is 9.81. The first kappa shape index (κ1) is 30.0. The quantitative estimate of drug-likeness (QED) is 0.186. The van der Waals surface area contributed by atoms with Gasteiger partial charge in [0.2, 0.25) is 9.84 Å². The van der Waals surface area contributed by atoms with Gasteiger partial charge in [-0.25, -0.2) is 8.42 Å². The molecule has 4 bridgehead atoms. The van der Waals surface area contributed by atoms with Crippen molar-refractivity contribution < 1.29 is 8.42 Å². The smallest absolute Gasteiger partial charge is 0.207 e. The Balaban J connectivity index is 1.14. The Kier molecular flexibility index (Phi) is 6.02. The lowest BCUT2D eigenvalue weighted by Crippen LogP contribution is -2.57. The van der Waals surface area contributed by atoms with Crippen molar-refractivity contribution >= 4 is 37.7 Å². The molecule has 252 valence electrons. The van der Waals surface area contributed by atoms with Crippen molar-refractivity contribution in [2.24, 2.45) is 23.7 Å². The van der Waals surface area contributed by atoms with Crippen LogP contribution in [0.15, 0.2) is 137 Å². The lowest BCUT2D eigenvalue weighted by Gasteiger charge is -2.63. The van der Waals surface area contributed by atoms with Crippen LogP contribution in [0.2, 0.25) is 0 Å². The average molecular weight is 684 g/mol. The Hall–Kier alpha value is -4.67. The molecule has 0 unspecified atom stereocenters. The molecule has 0 aromatic heterocycles. The second-order valence-corrected chi connectivity index (χ2v) is 18.5. The Bertz CT molecular complexity index is 2540. The molecule has 4 heteroatoms. The van der Waals surface area contributed by atoms with Crippen LogP contribution in [-0.4, -0.2) is 8.42 Å². The Morgan fingerprint density at radius 1 is 0.510 bits per heavy atom. The van der Waals surface area contributed by atoms with Crippen molar-refractivity contribution in [2.75, 3.05) is 4.90 Å². The second kappa shape index (κ2) is 10.2. The molecule has 12 rings (SSSR count). The van der Waals surface area contributed by atoms with E-state index in [0.29, 0.717) is 21.6 Å². The van der Waals surface area contributed by atoms with E-state index in [1.54, 1.807) is 0 Å². The highest BCUT2D eigenvalue weighted by Crippen LogP contribution is 2.68. The molecule has 0 N–H and O–H groups in total. The minimum absolute atomic E-state index is 0.161. The summed E-state index contributed by atoms with van der Waals surface area (Å²) in [6, 6.07) is 45.1. The topological polar surface area (TPSA) is 37.4 Å². The van der Waals surface area contributed by atoms with Gasteiger partial charge in [-0.3, -0.25) is 0 Å². The fourth-order valence-corrected chi connectivity index (χ4v) is 13.7. The molecule has 1 heterocycles. The molecule has 6 aromatic rings. The van der Waals surface area contributed by atoms with E-state index >= 15 is 0 Å². The van der Waals surface area contributed by atoms with Crippen molar-refractivity contribution in [1.29, 1.82) is 0 Å². The van der Waals surface area contributed by atoms with Crippen LogP contribution in [0.3, 0.4) is 0 Å². The van der Waals surface area contributed by atoms with Crippen molar-refractivity contribution in [2.45, 2.75) is 66.6 Å². The van der Waals surface area contributed by atoms with E-state index < -0.39 is 9.84 Å². The van der Waals surface area contributed by atoms with Crippen molar-refractivity contribution in [1.82, 2.24) is 0 Å². The highest BCUT2D eigenvalue weighted by molar-refractivity contribution is 7.91. The van der Waals surface area contributed by atoms with E-state index in [4.69, 9.17) is 0 Å². The summed E-state index contributed by atoms with van der Waals surface area (Å²) in [6.45, 7) is 4.63. The molecule has 0 saturated heterocycles. The van der Waals surface area contributed by atoms with Gasteiger partial charge >= 0.3 is 0 Å². The summed E-state index contributed by atoms with van der Waals surface area (Å²) >= 11 is 0. The zero-order chi connectivity index (χ0) is 34.3. The number of fused-ring (bicyclic) bond motifs is 6. The predicted molar refractivity (Wildman–Crippen MR) is 206 cm³/mol. The zero-order valence-corrected chi connectivity index (χ0v) is 30.0. The fraction of sp³-hybridized carbons (Fsp3) is 0.277. The summed E-state index contributed by atoms with van der Waals surface area (Å²) < 4.78 is 29.8. The summed E-state index contributed by atoms with van der Waals surface area (Å²) in [4.78, 5) is 3.31. The summed E-state index contributed by atoms with van der Waals surface area (Å²) in [5.74, 6) is 2.52. The number of hydrogen-bond donors (Lipinski definition) is 0. The molecular formula is C47H41NO2S. The molecule has 1 spiro atoms. The van der Waals surface area contributed by atoms with Crippen molar-refractivity contribution in [3.05, 3.63) is 150 Å². The minimum Gasteiger partial charge on any atom is -0.310 e. The van der Waals surface area contributed by atoms with Gasteiger partial charge in [-0.05, 0) is 142 Å². The van der Waals surface area contributed by atoms with Gasteiger partial charge in [-0.1, -0.05) is 98.8 Å². The predicted octanol–water partition coefficient (Wildman–Crippen LogP) is 11.5. The summed E-state index contributed by atoms with van der Waals surface area (Å²) in [6.07, 6.45) is 6.19. The van der Waals surface area contributed by atoms with Crippen LogP contribution in [0, 0.1) is 23.7 Å². The monoisotopic (exact) mass is 683 g/mol. The van der Waals surface area contributed by atoms with Crippen LogP contribution >= 0.6 is 0 Å².